The zero-order valence-corrected chi connectivity index (χ0v) is 14.9. The molecule has 0 atom stereocenters. The predicted octanol–water partition coefficient (Wildman–Crippen LogP) is 3.42. The number of allylic oxidation sites excluding steroid dienone is 1. The molecule has 1 N–H and O–H groups in total. The Bertz CT molecular complexity index is 472. The summed E-state index contributed by atoms with van der Waals surface area (Å²) in [5.74, 6) is 0.835. The fourth-order valence-corrected chi connectivity index (χ4v) is 4.42. The van der Waals surface area contributed by atoms with E-state index in [1.165, 1.54) is 31.3 Å². The van der Waals surface area contributed by atoms with Crippen molar-refractivity contribution in [1.29, 1.82) is 0 Å². The standard InChI is InChI=1S/C20H32N2O2/c23-19(21-13-12-16-6-2-1-3-7-16)17-8-10-18(11-9-17)20(24)22-14-4-5-15-22/h6,17-18H,1-5,7-15H2,(H,21,23). The number of likely N-dealkylation sites (tertiary alicyclic amines) is 1. The number of carbonyl (C=O) groups excluding carboxylic acids is 2. The third kappa shape index (κ3) is 4.61. The number of amides is 2. The molecule has 3 rings (SSSR count). The van der Waals surface area contributed by atoms with Crippen LogP contribution in [0.5, 0.6) is 0 Å². The molecular weight excluding hydrogens is 300 g/mol. The summed E-state index contributed by atoms with van der Waals surface area (Å²) in [4.78, 5) is 26.8. The summed E-state index contributed by atoms with van der Waals surface area (Å²) in [5, 5.41) is 3.12. The summed E-state index contributed by atoms with van der Waals surface area (Å²) in [6, 6.07) is 0. The van der Waals surface area contributed by atoms with Crippen molar-refractivity contribution in [2.45, 2.75) is 70.6 Å². The molecule has 1 heterocycles. The van der Waals surface area contributed by atoms with Crippen LogP contribution in [0.25, 0.3) is 0 Å². The first-order valence-electron chi connectivity index (χ1n) is 9.98. The van der Waals surface area contributed by atoms with Gasteiger partial charge in [-0.2, -0.15) is 0 Å². The molecule has 1 aliphatic heterocycles. The van der Waals surface area contributed by atoms with Gasteiger partial charge in [-0.15, -0.1) is 0 Å². The normalized spacial score (nSPS) is 27.7. The molecule has 0 radical (unpaired) electrons. The van der Waals surface area contributed by atoms with Crippen LogP contribution >= 0.6 is 0 Å². The van der Waals surface area contributed by atoms with E-state index in [1.54, 1.807) is 0 Å². The van der Waals surface area contributed by atoms with Gasteiger partial charge in [0.2, 0.25) is 11.8 Å². The Morgan fingerprint density at radius 2 is 1.71 bits per heavy atom. The molecule has 4 heteroatoms. The Kier molecular flexibility index (Phi) is 6.33. The van der Waals surface area contributed by atoms with Crippen LogP contribution in [0.15, 0.2) is 11.6 Å². The van der Waals surface area contributed by atoms with Crippen LogP contribution in [-0.2, 0) is 9.59 Å². The number of hydrogen-bond acceptors (Lipinski definition) is 2. The lowest BCUT2D eigenvalue weighted by Crippen LogP contribution is -2.39. The van der Waals surface area contributed by atoms with E-state index in [0.29, 0.717) is 5.91 Å². The minimum absolute atomic E-state index is 0.118. The third-order valence-corrected chi connectivity index (χ3v) is 6.00. The molecule has 0 aromatic carbocycles. The quantitative estimate of drug-likeness (QED) is 0.784. The maximum atomic E-state index is 12.4. The molecule has 0 bridgehead atoms. The maximum Gasteiger partial charge on any atom is 0.225 e. The number of rotatable bonds is 5. The molecule has 1 saturated carbocycles. The van der Waals surface area contributed by atoms with Crippen molar-refractivity contribution < 1.29 is 9.59 Å². The highest BCUT2D eigenvalue weighted by atomic mass is 16.2. The van der Waals surface area contributed by atoms with Gasteiger partial charge in [-0.3, -0.25) is 9.59 Å². The number of nitrogens with one attached hydrogen (secondary N) is 1. The van der Waals surface area contributed by atoms with E-state index in [-0.39, 0.29) is 17.7 Å². The largest absolute Gasteiger partial charge is 0.356 e. The van der Waals surface area contributed by atoms with E-state index in [4.69, 9.17) is 0 Å². The monoisotopic (exact) mass is 332 g/mol. The van der Waals surface area contributed by atoms with Gasteiger partial charge >= 0.3 is 0 Å². The van der Waals surface area contributed by atoms with E-state index < -0.39 is 0 Å². The topological polar surface area (TPSA) is 49.4 Å². The van der Waals surface area contributed by atoms with Crippen molar-refractivity contribution in [2.75, 3.05) is 19.6 Å². The van der Waals surface area contributed by atoms with Crippen molar-refractivity contribution >= 4 is 11.8 Å². The van der Waals surface area contributed by atoms with Gasteiger partial charge in [-0.05, 0) is 70.6 Å². The lowest BCUT2D eigenvalue weighted by atomic mass is 9.81. The molecule has 2 aliphatic carbocycles. The fraction of sp³-hybridized carbons (Fsp3) is 0.800. The van der Waals surface area contributed by atoms with Gasteiger partial charge in [0.1, 0.15) is 0 Å². The molecule has 24 heavy (non-hydrogen) atoms. The van der Waals surface area contributed by atoms with Gasteiger partial charge in [0.25, 0.3) is 0 Å². The summed E-state index contributed by atoms with van der Waals surface area (Å²) in [5.41, 5.74) is 1.52. The van der Waals surface area contributed by atoms with Crippen molar-refractivity contribution in [2.24, 2.45) is 11.8 Å². The first-order valence-corrected chi connectivity index (χ1v) is 9.98. The first-order chi connectivity index (χ1) is 11.7. The molecular formula is C20H32N2O2. The Balaban J connectivity index is 1.35. The predicted molar refractivity (Wildman–Crippen MR) is 95.4 cm³/mol. The summed E-state index contributed by atoms with van der Waals surface area (Å²) < 4.78 is 0. The Labute approximate surface area is 146 Å². The molecule has 134 valence electrons. The lowest BCUT2D eigenvalue weighted by molar-refractivity contribution is -0.137. The molecule has 1 saturated heterocycles. The zero-order chi connectivity index (χ0) is 16.8. The van der Waals surface area contributed by atoms with E-state index in [9.17, 15) is 9.59 Å². The van der Waals surface area contributed by atoms with Crippen molar-refractivity contribution in [3.63, 3.8) is 0 Å². The van der Waals surface area contributed by atoms with Crippen molar-refractivity contribution in [3.8, 4) is 0 Å². The van der Waals surface area contributed by atoms with E-state index in [0.717, 1.165) is 64.6 Å². The molecule has 0 spiro atoms. The van der Waals surface area contributed by atoms with Gasteiger partial charge < -0.3 is 10.2 Å². The molecule has 0 aromatic heterocycles. The van der Waals surface area contributed by atoms with Gasteiger partial charge in [0.05, 0.1) is 0 Å². The number of hydrogen-bond donors (Lipinski definition) is 1. The van der Waals surface area contributed by atoms with Gasteiger partial charge in [0, 0.05) is 31.5 Å². The van der Waals surface area contributed by atoms with Crippen LogP contribution in [0.1, 0.15) is 70.6 Å². The summed E-state index contributed by atoms with van der Waals surface area (Å²) in [6.45, 7) is 2.65. The van der Waals surface area contributed by atoms with Crippen LogP contribution < -0.4 is 5.32 Å². The van der Waals surface area contributed by atoms with Crippen LogP contribution in [0.2, 0.25) is 0 Å². The molecule has 2 amide bonds. The average molecular weight is 332 g/mol. The first kappa shape index (κ1) is 17.5. The maximum absolute atomic E-state index is 12.4. The van der Waals surface area contributed by atoms with Crippen molar-refractivity contribution in [3.05, 3.63) is 11.6 Å². The second-order valence-corrected chi connectivity index (χ2v) is 7.73. The molecule has 4 nitrogen and oxygen atoms in total. The SMILES string of the molecule is O=C(NCCC1=CCCCC1)C1CCC(C(=O)N2CCCC2)CC1. The van der Waals surface area contributed by atoms with Gasteiger partial charge in [0.15, 0.2) is 0 Å². The Hall–Kier alpha value is -1.32. The lowest BCUT2D eigenvalue weighted by Gasteiger charge is -2.29. The van der Waals surface area contributed by atoms with Gasteiger partial charge in [-0.25, -0.2) is 0 Å². The summed E-state index contributed by atoms with van der Waals surface area (Å²) >= 11 is 0. The fourth-order valence-electron chi connectivity index (χ4n) is 4.42. The van der Waals surface area contributed by atoms with Crippen LogP contribution in [0.4, 0.5) is 0 Å². The average Bonchev–Trinajstić information content (AvgIpc) is 3.17. The molecule has 3 aliphatic rings. The van der Waals surface area contributed by atoms with E-state index in [1.807, 2.05) is 4.90 Å². The van der Waals surface area contributed by atoms with Gasteiger partial charge in [-0.1, -0.05) is 11.6 Å². The third-order valence-electron chi connectivity index (χ3n) is 6.00. The highest BCUT2D eigenvalue weighted by Gasteiger charge is 2.32. The number of carbonyl (C=O) groups is 2. The Morgan fingerprint density at radius 3 is 2.38 bits per heavy atom. The number of nitrogens with zero attached hydrogens (tertiary/aromatic N) is 1. The minimum atomic E-state index is 0.118. The van der Waals surface area contributed by atoms with Crippen molar-refractivity contribution in [1.82, 2.24) is 10.2 Å². The van der Waals surface area contributed by atoms with Crippen LogP contribution in [0, 0.1) is 11.8 Å². The second kappa shape index (κ2) is 8.68. The molecule has 0 unspecified atom stereocenters. The van der Waals surface area contributed by atoms with Crippen LogP contribution in [-0.4, -0.2) is 36.3 Å². The minimum Gasteiger partial charge on any atom is -0.356 e. The molecule has 2 fully saturated rings. The van der Waals surface area contributed by atoms with Crippen LogP contribution in [0.3, 0.4) is 0 Å². The van der Waals surface area contributed by atoms with E-state index >= 15 is 0 Å². The highest BCUT2D eigenvalue weighted by molar-refractivity contribution is 5.81. The zero-order valence-electron chi connectivity index (χ0n) is 14.9. The summed E-state index contributed by atoms with van der Waals surface area (Å²) in [6.07, 6.45) is 14.2. The smallest absolute Gasteiger partial charge is 0.225 e. The summed E-state index contributed by atoms with van der Waals surface area (Å²) in [7, 11) is 0. The molecule has 0 aromatic rings. The second-order valence-electron chi connectivity index (χ2n) is 7.73. The van der Waals surface area contributed by atoms with E-state index in [2.05, 4.69) is 11.4 Å². The highest BCUT2D eigenvalue weighted by Crippen LogP contribution is 2.31. The Morgan fingerprint density at radius 1 is 1.00 bits per heavy atom.